The summed E-state index contributed by atoms with van der Waals surface area (Å²) in [4.78, 5) is 17.1. The molecule has 2 saturated carbocycles. The van der Waals surface area contributed by atoms with E-state index in [9.17, 15) is 4.79 Å². The monoisotopic (exact) mass is 331 g/mol. The molecule has 0 aromatic carbocycles. The SMILES string of the molecule is CCc1nc2n(n1)CCC[C@@H]2NC(=O)N[C@H]1CCC[C@H](C2CC2)C1. The molecular formula is C18H29N5O. The van der Waals surface area contributed by atoms with Crippen LogP contribution in [0.4, 0.5) is 4.79 Å². The van der Waals surface area contributed by atoms with Crippen molar-refractivity contribution in [2.45, 2.75) is 83.3 Å². The Labute approximate surface area is 143 Å². The van der Waals surface area contributed by atoms with Gasteiger partial charge in [-0.3, -0.25) is 0 Å². The number of carbonyl (C=O) groups excluding carboxylic acids is 1. The number of aryl methyl sites for hydroxylation is 2. The maximum Gasteiger partial charge on any atom is 0.315 e. The number of aromatic nitrogens is 3. The van der Waals surface area contributed by atoms with Crippen LogP contribution in [0.1, 0.15) is 76.0 Å². The van der Waals surface area contributed by atoms with Crippen LogP contribution < -0.4 is 10.6 Å². The summed E-state index contributed by atoms with van der Waals surface area (Å²) in [7, 11) is 0. The highest BCUT2D eigenvalue weighted by Crippen LogP contribution is 2.43. The third-order valence-electron chi connectivity index (χ3n) is 5.88. The van der Waals surface area contributed by atoms with Crippen molar-refractivity contribution in [1.29, 1.82) is 0 Å². The van der Waals surface area contributed by atoms with E-state index in [2.05, 4.69) is 27.6 Å². The molecule has 2 heterocycles. The van der Waals surface area contributed by atoms with Crippen molar-refractivity contribution in [2.75, 3.05) is 0 Å². The second-order valence-electron chi connectivity index (χ2n) is 7.74. The molecule has 6 nitrogen and oxygen atoms in total. The molecule has 3 atom stereocenters. The molecule has 1 aromatic heterocycles. The zero-order chi connectivity index (χ0) is 16.5. The predicted molar refractivity (Wildman–Crippen MR) is 91.5 cm³/mol. The lowest BCUT2D eigenvalue weighted by molar-refractivity contribution is 0.214. The van der Waals surface area contributed by atoms with Gasteiger partial charge < -0.3 is 10.6 Å². The van der Waals surface area contributed by atoms with Gasteiger partial charge in [-0.2, -0.15) is 5.10 Å². The van der Waals surface area contributed by atoms with E-state index < -0.39 is 0 Å². The smallest absolute Gasteiger partial charge is 0.315 e. The van der Waals surface area contributed by atoms with Crippen molar-refractivity contribution in [3.63, 3.8) is 0 Å². The molecule has 24 heavy (non-hydrogen) atoms. The molecule has 2 aliphatic carbocycles. The van der Waals surface area contributed by atoms with E-state index in [1.807, 2.05) is 4.68 Å². The molecule has 132 valence electrons. The van der Waals surface area contributed by atoms with E-state index in [0.717, 1.165) is 55.7 Å². The first-order chi connectivity index (χ1) is 11.7. The lowest BCUT2D eigenvalue weighted by Crippen LogP contribution is -2.46. The first-order valence-corrected chi connectivity index (χ1v) is 9.73. The highest BCUT2D eigenvalue weighted by atomic mass is 16.2. The van der Waals surface area contributed by atoms with E-state index in [0.29, 0.717) is 6.04 Å². The maximum absolute atomic E-state index is 12.5. The van der Waals surface area contributed by atoms with Gasteiger partial charge in [0.15, 0.2) is 5.82 Å². The summed E-state index contributed by atoms with van der Waals surface area (Å²) < 4.78 is 1.97. The number of fused-ring (bicyclic) bond motifs is 1. The molecule has 1 aliphatic heterocycles. The number of nitrogens with one attached hydrogen (secondary N) is 2. The largest absolute Gasteiger partial charge is 0.335 e. The van der Waals surface area contributed by atoms with Crippen molar-refractivity contribution in [2.24, 2.45) is 11.8 Å². The fraction of sp³-hybridized carbons (Fsp3) is 0.833. The molecule has 0 spiro atoms. The number of nitrogens with zero attached hydrogens (tertiary/aromatic N) is 3. The highest BCUT2D eigenvalue weighted by Gasteiger charge is 2.35. The zero-order valence-electron chi connectivity index (χ0n) is 14.6. The molecule has 2 fully saturated rings. The first kappa shape index (κ1) is 15.9. The van der Waals surface area contributed by atoms with Crippen molar-refractivity contribution in [3.05, 3.63) is 11.6 Å². The molecule has 3 aliphatic rings. The minimum absolute atomic E-state index is 0.00521. The average molecular weight is 331 g/mol. The summed E-state index contributed by atoms with van der Waals surface area (Å²) in [5.74, 6) is 3.59. The number of amides is 2. The number of hydrogen-bond acceptors (Lipinski definition) is 3. The van der Waals surface area contributed by atoms with Crippen LogP contribution in [0.15, 0.2) is 0 Å². The second-order valence-corrected chi connectivity index (χ2v) is 7.74. The van der Waals surface area contributed by atoms with Gasteiger partial charge in [0.2, 0.25) is 0 Å². The quantitative estimate of drug-likeness (QED) is 0.891. The summed E-state index contributed by atoms with van der Waals surface area (Å²) in [6, 6.07) is 0.308. The normalized spacial score (nSPS) is 29.8. The Morgan fingerprint density at radius 1 is 1.12 bits per heavy atom. The van der Waals surface area contributed by atoms with Crippen LogP contribution >= 0.6 is 0 Å². The summed E-state index contributed by atoms with van der Waals surface area (Å²) in [5.41, 5.74) is 0. The van der Waals surface area contributed by atoms with Gasteiger partial charge >= 0.3 is 6.03 Å². The fourth-order valence-electron chi connectivity index (χ4n) is 4.43. The maximum atomic E-state index is 12.5. The molecular weight excluding hydrogens is 302 g/mol. The Morgan fingerprint density at radius 2 is 2.00 bits per heavy atom. The van der Waals surface area contributed by atoms with Gasteiger partial charge in [0.25, 0.3) is 0 Å². The molecule has 0 saturated heterocycles. The van der Waals surface area contributed by atoms with Gasteiger partial charge in [-0.25, -0.2) is 14.5 Å². The van der Waals surface area contributed by atoms with E-state index >= 15 is 0 Å². The van der Waals surface area contributed by atoms with Crippen LogP contribution in [0.2, 0.25) is 0 Å². The second kappa shape index (κ2) is 6.73. The van der Waals surface area contributed by atoms with Gasteiger partial charge in [-0.05, 0) is 50.4 Å². The molecule has 6 heteroatoms. The van der Waals surface area contributed by atoms with Gasteiger partial charge in [0.05, 0.1) is 6.04 Å². The van der Waals surface area contributed by atoms with Gasteiger partial charge in [-0.1, -0.05) is 19.8 Å². The average Bonchev–Trinajstić information content (AvgIpc) is 3.34. The van der Waals surface area contributed by atoms with E-state index in [1.165, 1.54) is 32.1 Å². The lowest BCUT2D eigenvalue weighted by atomic mass is 9.83. The molecule has 1 aromatic rings. The first-order valence-electron chi connectivity index (χ1n) is 9.73. The lowest BCUT2D eigenvalue weighted by Gasteiger charge is -2.31. The highest BCUT2D eigenvalue weighted by molar-refractivity contribution is 5.74. The topological polar surface area (TPSA) is 71.8 Å². The minimum Gasteiger partial charge on any atom is -0.335 e. The van der Waals surface area contributed by atoms with E-state index in [-0.39, 0.29) is 12.1 Å². The Bertz CT molecular complexity index is 594. The summed E-state index contributed by atoms with van der Waals surface area (Å²) >= 11 is 0. The summed E-state index contributed by atoms with van der Waals surface area (Å²) in [6.07, 6.45) is 10.5. The van der Waals surface area contributed by atoms with Crippen LogP contribution in [0.25, 0.3) is 0 Å². The van der Waals surface area contributed by atoms with Crippen LogP contribution in [-0.4, -0.2) is 26.8 Å². The standard InChI is InChI=1S/C18H29N5O/c1-2-16-21-17-15(7-4-10-23(17)22-16)20-18(24)19-14-6-3-5-13(11-14)12-8-9-12/h12-15H,2-11H2,1H3,(H2,19,20,24)/t13-,14-,15-/m0/s1. The Morgan fingerprint density at radius 3 is 2.79 bits per heavy atom. The van der Waals surface area contributed by atoms with Crippen molar-refractivity contribution in [1.82, 2.24) is 25.4 Å². The molecule has 2 amide bonds. The van der Waals surface area contributed by atoms with Crippen LogP contribution in [0.3, 0.4) is 0 Å². The number of rotatable bonds is 4. The van der Waals surface area contributed by atoms with Crippen LogP contribution in [0, 0.1) is 11.8 Å². The molecule has 0 unspecified atom stereocenters. The summed E-state index contributed by atoms with van der Waals surface area (Å²) in [5, 5.41) is 10.9. The predicted octanol–water partition coefficient (Wildman–Crippen LogP) is 2.94. The Hall–Kier alpha value is -1.59. The number of urea groups is 1. The van der Waals surface area contributed by atoms with Crippen LogP contribution in [-0.2, 0) is 13.0 Å². The third-order valence-corrected chi connectivity index (χ3v) is 5.88. The third kappa shape index (κ3) is 3.42. The van der Waals surface area contributed by atoms with Gasteiger partial charge in [0.1, 0.15) is 5.82 Å². The van der Waals surface area contributed by atoms with Crippen LogP contribution in [0.5, 0.6) is 0 Å². The zero-order valence-corrected chi connectivity index (χ0v) is 14.6. The van der Waals surface area contributed by atoms with Gasteiger partial charge in [-0.15, -0.1) is 0 Å². The van der Waals surface area contributed by atoms with Gasteiger partial charge in [0, 0.05) is 19.0 Å². The van der Waals surface area contributed by atoms with E-state index in [4.69, 9.17) is 0 Å². The Kier molecular flexibility index (Phi) is 4.46. The molecule has 2 N–H and O–H groups in total. The number of hydrogen-bond donors (Lipinski definition) is 2. The number of carbonyl (C=O) groups is 1. The Balaban J connectivity index is 1.34. The summed E-state index contributed by atoms with van der Waals surface area (Å²) in [6.45, 7) is 2.98. The molecule has 0 radical (unpaired) electrons. The van der Waals surface area contributed by atoms with Crippen molar-refractivity contribution in [3.8, 4) is 0 Å². The molecule has 4 rings (SSSR count). The molecule has 0 bridgehead atoms. The van der Waals surface area contributed by atoms with E-state index in [1.54, 1.807) is 0 Å². The van der Waals surface area contributed by atoms with Crippen molar-refractivity contribution >= 4 is 6.03 Å². The van der Waals surface area contributed by atoms with Crippen molar-refractivity contribution < 1.29 is 4.79 Å². The minimum atomic E-state index is -0.0315. The fourth-order valence-corrected chi connectivity index (χ4v) is 4.43.